The highest BCUT2D eigenvalue weighted by atomic mass is 16.5. The van der Waals surface area contributed by atoms with Crippen molar-refractivity contribution in [2.45, 2.75) is 51.9 Å². The minimum atomic E-state index is -0.496. The molecule has 1 aliphatic rings. The second-order valence-corrected chi connectivity index (χ2v) is 7.81. The quantitative estimate of drug-likeness (QED) is 0.734. The lowest BCUT2D eigenvalue weighted by Crippen LogP contribution is -2.37. The van der Waals surface area contributed by atoms with Crippen molar-refractivity contribution < 1.29 is 14.3 Å². The molecule has 1 N–H and O–H groups in total. The highest BCUT2D eigenvalue weighted by molar-refractivity contribution is 5.81. The van der Waals surface area contributed by atoms with Crippen molar-refractivity contribution >= 4 is 5.91 Å². The van der Waals surface area contributed by atoms with Crippen LogP contribution in [0.5, 0.6) is 11.5 Å². The Morgan fingerprint density at radius 3 is 2.31 bits per heavy atom. The molecule has 1 atom stereocenters. The summed E-state index contributed by atoms with van der Waals surface area (Å²) in [4.78, 5) is 14.8. The first kappa shape index (κ1) is 21.2. The third-order valence-electron chi connectivity index (χ3n) is 5.32. The number of nitrogens with one attached hydrogen (secondary N) is 1. The van der Waals surface area contributed by atoms with Gasteiger partial charge in [-0.25, -0.2) is 0 Å². The monoisotopic (exact) mass is 396 g/mol. The van der Waals surface area contributed by atoms with Crippen LogP contribution in [-0.4, -0.2) is 43.2 Å². The molecule has 29 heavy (non-hydrogen) atoms. The van der Waals surface area contributed by atoms with Gasteiger partial charge in [0, 0.05) is 19.6 Å². The number of ether oxygens (including phenoxy) is 2. The number of rotatable bonds is 8. The van der Waals surface area contributed by atoms with E-state index in [4.69, 9.17) is 9.47 Å². The maximum absolute atomic E-state index is 12.5. The molecule has 0 aliphatic carbocycles. The Balaban J connectivity index is 1.46. The fraction of sp³-hybridized carbons (Fsp3) is 0.458. The van der Waals surface area contributed by atoms with Crippen molar-refractivity contribution in [2.75, 3.05) is 20.1 Å². The van der Waals surface area contributed by atoms with Crippen LogP contribution in [-0.2, 0) is 11.3 Å². The van der Waals surface area contributed by atoms with Gasteiger partial charge in [0.05, 0.1) is 0 Å². The molecule has 5 nitrogen and oxygen atoms in total. The van der Waals surface area contributed by atoms with Gasteiger partial charge in [-0.3, -0.25) is 4.79 Å². The molecule has 0 aromatic heterocycles. The minimum absolute atomic E-state index is 0.0975. The first-order chi connectivity index (χ1) is 14.0. The maximum atomic E-state index is 12.5. The predicted molar refractivity (Wildman–Crippen MR) is 115 cm³/mol. The Hall–Kier alpha value is -2.53. The normalized spacial score (nSPS) is 16.2. The number of piperidine rings is 1. The highest BCUT2D eigenvalue weighted by Crippen LogP contribution is 2.19. The van der Waals surface area contributed by atoms with Gasteiger partial charge in [0.25, 0.3) is 5.91 Å². The summed E-state index contributed by atoms with van der Waals surface area (Å²) in [5.41, 5.74) is 2.21. The largest absolute Gasteiger partial charge is 0.490 e. The Kier molecular flexibility index (Phi) is 7.53. The topological polar surface area (TPSA) is 50.8 Å². The summed E-state index contributed by atoms with van der Waals surface area (Å²) >= 11 is 0. The van der Waals surface area contributed by atoms with Gasteiger partial charge in [-0.2, -0.15) is 0 Å². The molecular weight excluding hydrogens is 364 g/mol. The predicted octanol–water partition coefficient (Wildman–Crippen LogP) is 3.94. The van der Waals surface area contributed by atoms with Gasteiger partial charge in [0.15, 0.2) is 6.10 Å². The van der Waals surface area contributed by atoms with Crippen molar-refractivity contribution in [3.05, 3.63) is 59.7 Å². The molecule has 1 amide bonds. The zero-order valence-corrected chi connectivity index (χ0v) is 17.7. The molecule has 3 rings (SSSR count). The van der Waals surface area contributed by atoms with Gasteiger partial charge >= 0.3 is 0 Å². The average molecular weight is 397 g/mol. The molecular formula is C24H32N2O3. The van der Waals surface area contributed by atoms with Crippen molar-refractivity contribution in [3.8, 4) is 11.5 Å². The standard InChI is InChI=1S/C24H32N2O3/c1-4-23(29-21-9-5-18(2)6-10-21)24(27)25-17-19-7-11-20(12-8-19)28-22-13-15-26(3)16-14-22/h5-12,22-23H,4,13-17H2,1-3H3,(H,25,27)/t23-/m0/s1. The van der Waals surface area contributed by atoms with Crippen molar-refractivity contribution in [1.29, 1.82) is 0 Å². The molecule has 156 valence electrons. The second kappa shape index (κ2) is 10.3. The molecule has 1 heterocycles. The average Bonchev–Trinajstić information content (AvgIpc) is 2.74. The van der Waals surface area contributed by atoms with Gasteiger partial charge in [0.2, 0.25) is 0 Å². The summed E-state index contributed by atoms with van der Waals surface area (Å²) in [5, 5.41) is 2.98. The van der Waals surface area contributed by atoms with E-state index < -0.39 is 6.10 Å². The lowest BCUT2D eigenvalue weighted by Gasteiger charge is -2.29. The molecule has 0 radical (unpaired) electrons. The third kappa shape index (κ3) is 6.50. The van der Waals surface area contributed by atoms with E-state index in [1.54, 1.807) is 0 Å². The van der Waals surface area contributed by atoms with Crippen LogP contribution >= 0.6 is 0 Å². The van der Waals surface area contributed by atoms with Crippen LogP contribution < -0.4 is 14.8 Å². The SMILES string of the molecule is CC[C@H](Oc1ccc(C)cc1)C(=O)NCc1ccc(OC2CCN(C)CC2)cc1. The molecule has 2 aromatic carbocycles. The number of hydrogen-bond acceptors (Lipinski definition) is 4. The lowest BCUT2D eigenvalue weighted by molar-refractivity contribution is -0.128. The number of hydrogen-bond donors (Lipinski definition) is 1. The van der Waals surface area contributed by atoms with Crippen molar-refractivity contribution in [1.82, 2.24) is 10.2 Å². The summed E-state index contributed by atoms with van der Waals surface area (Å²) in [5.74, 6) is 1.51. The van der Waals surface area contributed by atoms with E-state index in [1.165, 1.54) is 0 Å². The Labute approximate surface area is 174 Å². The van der Waals surface area contributed by atoms with E-state index in [9.17, 15) is 4.79 Å². The van der Waals surface area contributed by atoms with Crippen LogP contribution in [0, 0.1) is 6.92 Å². The van der Waals surface area contributed by atoms with Crippen LogP contribution in [0.4, 0.5) is 0 Å². The van der Waals surface area contributed by atoms with Crippen LogP contribution in [0.3, 0.4) is 0 Å². The maximum Gasteiger partial charge on any atom is 0.261 e. The van der Waals surface area contributed by atoms with E-state index in [-0.39, 0.29) is 5.91 Å². The van der Waals surface area contributed by atoms with Gasteiger partial charge in [0.1, 0.15) is 17.6 Å². The molecule has 1 aliphatic heterocycles. The smallest absolute Gasteiger partial charge is 0.261 e. The van der Waals surface area contributed by atoms with E-state index in [0.717, 1.165) is 42.8 Å². The third-order valence-corrected chi connectivity index (χ3v) is 5.32. The zero-order chi connectivity index (χ0) is 20.6. The highest BCUT2D eigenvalue weighted by Gasteiger charge is 2.19. The first-order valence-electron chi connectivity index (χ1n) is 10.5. The zero-order valence-electron chi connectivity index (χ0n) is 17.7. The molecule has 5 heteroatoms. The minimum Gasteiger partial charge on any atom is -0.490 e. The number of amides is 1. The van der Waals surface area contributed by atoms with E-state index in [0.29, 0.717) is 24.8 Å². The fourth-order valence-corrected chi connectivity index (χ4v) is 3.39. The van der Waals surface area contributed by atoms with E-state index >= 15 is 0 Å². The van der Waals surface area contributed by atoms with E-state index in [2.05, 4.69) is 17.3 Å². The van der Waals surface area contributed by atoms with Crippen LogP contribution in [0.25, 0.3) is 0 Å². The number of nitrogens with zero attached hydrogens (tertiary/aromatic N) is 1. The number of carbonyl (C=O) groups is 1. The summed E-state index contributed by atoms with van der Waals surface area (Å²) in [7, 11) is 2.15. The van der Waals surface area contributed by atoms with Gasteiger partial charge < -0.3 is 19.7 Å². The lowest BCUT2D eigenvalue weighted by atomic mass is 10.1. The molecule has 0 spiro atoms. The van der Waals surface area contributed by atoms with Gasteiger partial charge in [-0.05, 0) is 63.1 Å². The van der Waals surface area contributed by atoms with Crippen molar-refractivity contribution in [2.24, 2.45) is 0 Å². The number of benzene rings is 2. The summed E-state index contributed by atoms with van der Waals surface area (Å²) < 4.78 is 11.9. The molecule has 0 unspecified atom stereocenters. The molecule has 1 fully saturated rings. The Bertz CT molecular complexity index is 766. The molecule has 0 saturated carbocycles. The van der Waals surface area contributed by atoms with Gasteiger partial charge in [-0.1, -0.05) is 36.8 Å². The first-order valence-corrected chi connectivity index (χ1v) is 10.5. The Morgan fingerprint density at radius 2 is 1.69 bits per heavy atom. The van der Waals surface area contributed by atoms with Crippen molar-refractivity contribution in [3.63, 3.8) is 0 Å². The Morgan fingerprint density at radius 1 is 1.07 bits per heavy atom. The van der Waals surface area contributed by atoms with E-state index in [1.807, 2.05) is 62.4 Å². The number of likely N-dealkylation sites (tertiary alicyclic amines) is 1. The van der Waals surface area contributed by atoms with Crippen LogP contribution in [0.1, 0.15) is 37.3 Å². The number of carbonyl (C=O) groups excluding carboxylic acids is 1. The molecule has 2 aromatic rings. The van der Waals surface area contributed by atoms with Crippen LogP contribution in [0.2, 0.25) is 0 Å². The number of aryl methyl sites for hydroxylation is 1. The molecule has 0 bridgehead atoms. The fourth-order valence-electron chi connectivity index (χ4n) is 3.39. The van der Waals surface area contributed by atoms with Gasteiger partial charge in [-0.15, -0.1) is 0 Å². The summed E-state index contributed by atoms with van der Waals surface area (Å²) in [6.45, 7) is 6.61. The summed E-state index contributed by atoms with van der Waals surface area (Å²) in [6.07, 6.45) is 2.54. The molecule has 1 saturated heterocycles. The van der Waals surface area contributed by atoms with Crippen LogP contribution in [0.15, 0.2) is 48.5 Å². The second-order valence-electron chi connectivity index (χ2n) is 7.81. The summed E-state index contributed by atoms with van der Waals surface area (Å²) in [6, 6.07) is 15.7.